The molecule has 1 spiro atoms. The van der Waals surface area contributed by atoms with Gasteiger partial charge in [0.1, 0.15) is 0 Å². The van der Waals surface area contributed by atoms with E-state index in [0.717, 1.165) is 37.9 Å². The Bertz CT molecular complexity index is 843. The molecule has 2 aromatic rings. The van der Waals surface area contributed by atoms with Crippen LogP contribution >= 0.6 is 0 Å². The second-order valence-corrected chi connectivity index (χ2v) is 8.38. The lowest BCUT2D eigenvalue weighted by Crippen LogP contribution is -2.54. The highest BCUT2D eigenvalue weighted by atomic mass is 16.2. The van der Waals surface area contributed by atoms with E-state index in [1.54, 1.807) is 17.3 Å². The van der Waals surface area contributed by atoms with Crippen LogP contribution in [0.4, 0.5) is 16.4 Å². The fourth-order valence-electron chi connectivity index (χ4n) is 4.79. The molecule has 1 aromatic carbocycles. The van der Waals surface area contributed by atoms with Crippen LogP contribution < -0.4 is 15.5 Å². The normalized spacial score (nSPS) is 26.8. The molecule has 2 N–H and O–H groups in total. The fourth-order valence-corrected chi connectivity index (χ4v) is 4.79. The summed E-state index contributed by atoms with van der Waals surface area (Å²) in [6, 6.07) is 10.7. The minimum absolute atomic E-state index is 0.0151. The molecule has 1 aromatic heterocycles. The van der Waals surface area contributed by atoms with Gasteiger partial charge in [0.15, 0.2) is 0 Å². The van der Waals surface area contributed by atoms with Gasteiger partial charge in [0, 0.05) is 12.1 Å². The summed E-state index contributed by atoms with van der Waals surface area (Å²) in [5.41, 5.74) is 1.93. The first-order valence-corrected chi connectivity index (χ1v) is 10.4. The molecule has 7 heteroatoms. The lowest BCUT2D eigenvalue weighted by molar-refractivity contribution is 0.0658. The molecule has 2 amide bonds. The first-order chi connectivity index (χ1) is 14.0. The Kier molecular flexibility index (Phi) is 5.17. The number of anilines is 2. The number of carbonyl (C=O) groups excluding carboxylic acids is 1. The van der Waals surface area contributed by atoms with E-state index in [0.29, 0.717) is 12.5 Å². The number of amides is 2. The Hall–Kier alpha value is -2.67. The molecule has 4 rings (SSSR count). The van der Waals surface area contributed by atoms with Crippen LogP contribution in [0.15, 0.2) is 42.7 Å². The summed E-state index contributed by atoms with van der Waals surface area (Å²) in [6.45, 7) is 3.43. The maximum Gasteiger partial charge on any atom is 0.322 e. The zero-order valence-corrected chi connectivity index (χ0v) is 17.5. The molecule has 0 bridgehead atoms. The number of benzene rings is 1. The van der Waals surface area contributed by atoms with Crippen molar-refractivity contribution < 1.29 is 4.79 Å². The molecular formula is C22H30N6O. The molecule has 1 aliphatic carbocycles. The highest BCUT2D eigenvalue weighted by molar-refractivity contribution is 5.95. The molecule has 29 heavy (non-hydrogen) atoms. The quantitative estimate of drug-likeness (QED) is 0.815. The average Bonchev–Trinajstić information content (AvgIpc) is 3.06. The molecule has 0 radical (unpaired) electrons. The van der Waals surface area contributed by atoms with Gasteiger partial charge in [-0.15, -0.1) is 0 Å². The van der Waals surface area contributed by atoms with E-state index in [1.807, 2.05) is 6.92 Å². The van der Waals surface area contributed by atoms with Crippen molar-refractivity contribution in [2.75, 3.05) is 37.4 Å². The third-order valence-corrected chi connectivity index (χ3v) is 6.56. The highest BCUT2D eigenvalue weighted by Crippen LogP contribution is 2.46. The SMILES string of the molecule is CCNc1ncc(N2CC3(CCC(c4ccccc4)(N(C)C)CC3)NC2=O)cn1. The zero-order chi connectivity index (χ0) is 20.5. The Morgan fingerprint density at radius 3 is 2.34 bits per heavy atom. The summed E-state index contributed by atoms with van der Waals surface area (Å²) in [4.78, 5) is 25.5. The molecule has 1 saturated heterocycles. The van der Waals surface area contributed by atoms with E-state index < -0.39 is 0 Å². The van der Waals surface area contributed by atoms with Gasteiger partial charge in [0.25, 0.3) is 0 Å². The predicted octanol–water partition coefficient (Wildman–Crippen LogP) is 3.21. The highest BCUT2D eigenvalue weighted by Gasteiger charge is 2.50. The third-order valence-electron chi connectivity index (χ3n) is 6.56. The topological polar surface area (TPSA) is 73.4 Å². The smallest absolute Gasteiger partial charge is 0.322 e. The van der Waals surface area contributed by atoms with E-state index in [2.05, 4.69) is 69.9 Å². The first kappa shape index (κ1) is 19.6. The van der Waals surface area contributed by atoms with Gasteiger partial charge in [-0.3, -0.25) is 9.80 Å². The molecular weight excluding hydrogens is 364 g/mol. The second-order valence-electron chi connectivity index (χ2n) is 8.38. The number of nitrogens with zero attached hydrogens (tertiary/aromatic N) is 4. The first-order valence-electron chi connectivity index (χ1n) is 10.4. The summed E-state index contributed by atoms with van der Waals surface area (Å²) in [6.07, 6.45) is 7.35. The molecule has 0 atom stereocenters. The maximum atomic E-state index is 12.8. The number of hydrogen-bond donors (Lipinski definition) is 2. The van der Waals surface area contributed by atoms with Gasteiger partial charge in [-0.25, -0.2) is 14.8 Å². The average molecular weight is 395 g/mol. The lowest BCUT2D eigenvalue weighted by atomic mass is 9.69. The number of urea groups is 1. The van der Waals surface area contributed by atoms with Gasteiger partial charge in [-0.1, -0.05) is 30.3 Å². The fraction of sp³-hybridized carbons (Fsp3) is 0.500. The minimum Gasteiger partial charge on any atom is -0.355 e. The van der Waals surface area contributed by atoms with E-state index in [-0.39, 0.29) is 17.1 Å². The minimum atomic E-state index is -0.189. The molecule has 2 heterocycles. The lowest BCUT2D eigenvalue weighted by Gasteiger charge is -2.48. The molecule has 7 nitrogen and oxygen atoms in total. The van der Waals surface area contributed by atoms with Crippen LogP contribution in [-0.4, -0.2) is 53.6 Å². The number of rotatable bonds is 5. The van der Waals surface area contributed by atoms with Crippen LogP contribution in [-0.2, 0) is 5.54 Å². The number of carbonyl (C=O) groups is 1. The Labute approximate surface area is 172 Å². The van der Waals surface area contributed by atoms with Crippen LogP contribution in [0.25, 0.3) is 0 Å². The van der Waals surface area contributed by atoms with Gasteiger partial charge in [-0.05, 0) is 52.3 Å². The van der Waals surface area contributed by atoms with Crippen molar-refractivity contribution in [2.24, 2.45) is 0 Å². The number of aromatic nitrogens is 2. The second kappa shape index (κ2) is 7.63. The van der Waals surface area contributed by atoms with E-state index >= 15 is 0 Å². The van der Waals surface area contributed by atoms with Gasteiger partial charge in [0.05, 0.1) is 30.2 Å². The van der Waals surface area contributed by atoms with E-state index in [9.17, 15) is 4.79 Å². The summed E-state index contributed by atoms with van der Waals surface area (Å²) in [5.74, 6) is 0.585. The zero-order valence-electron chi connectivity index (χ0n) is 17.5. The molecule has 154 valence electrons. The van der Waals surface area contributed by atoms with Crippen molar-refractivity contribution in [3.63, 3.8) is 0 Å². The van der Waals surface area contributed by atoms with Crippen LogP contribution in [0.5, 0.6) is 0 Å². The van der Waals surface area contributed by atoms with Crippen molar-refractivity contribution in [3.8, 4) is 0 Å². The largest absolute Gasteiger partial charge is 0.355 e. The van der Waals surface area contributed by atoms with Crippen LogP contribution in [0.3, 0.4) is 0 Å². The van der Waals surface area contributed by atoms with E-state index in [4.69, 9.17) is 0 Å². The van der Waals surface area contributed by atoms with E-state index in [1.165, 1.54) is 5.56 Å². The summed E-state index contributed by atoms with van der Waals surface area (Å²) >= 11 is 0. The van der Waals surface area contributed by atoms with Crippen LogP contribution in [0.1, 0.15) is 38.2 Å². The molecule has 2 aliphatic rings. The summed E-state index contributed by atoms with van der Waals surface area (Å²) in [7, 11) is 4.32. The van der Waals surface area contributed by atoms with Crippen LogP contribution in [0.2, 0.25) is 0 Å². The van der Waals surface area contributed by atoms with Gasteiger partial charge in [-0.2, -0.15) is 0 Å². The molecule has 1 aliphatic heterocycles. The van der Waals surface area contributed by atoms with Crippen molar-refractivity contribution in [1.29, 1.82) is 0 Å². The Balaban J connectivity index is 1.50. The Morgan fingerprint density at radius 2 is 1.76 bits per heavy atom. The standard InChI is InChI=1S/C22H30N6O/c1-4-23-19-24-14-18(15-25-19)28-16-21(26-20(28)29)10-12-22(13-11-21,27(2)3)17-8-6-5-7-9-17/h5-9,14-15H,4,10-13,16H2,1-3H3,(H,26,29)(H,23,24,25). The number of nitrogens with one attached hydrogen (secondary N) is 2. The molecule has 0 unspecified atom stereocenters. The van der Waals surface area contributed by atoms with Crippen molar-refractivity contribution in [1.82, 2.24) is 20.2 Å². The maximum absolute atomic E-state index is 12.8. The third kappa shape index (κ3) is 3.55. The van der Waals surface area contributed by atoms with Crippen molar-refractivity contribution in [2.45, 2.75) is 43.7 Å². The van der Waals surface area contributed by atoms with Crippen molar-refractivity contribution >= 4 is 17.7 Å². The molecule has 2 fully saturated rings. The monoisotopic (exact) mass is 394 g/mol. The van der Waals surface area contributed by atoms with Gasteiger partial charge >= 0.3 is 6.03 Å². The predicted molar refractivity (Wildman–Crippen MR) is 115 cm³/mol. The van der Waals surface area contributed by atoms with Crippen molar-refractivity contribution in [3.05, 3.63) is 48.3 Å². The number of hydrogen-bond acceptors (Lipinski definition) is 5. The summed E-state index contributed by atoms with van der Waals surface area (Å²) < 4.78 is 0. The van der Waals surface area contributed by atoms with Gasteiger partial charge < -0.3 is 10.6 Å². The Morgan fingerprint density at radius 1 is 1.10 bits per heavy atom. The summed E-state index contributed by atoms with van der Waals surface area (Å²) in [5, 5.41) is 6.37. The molecule has 1 saturated carbocycles. The van der Waals surface area contributed by atoms with Crippen LogP contribution in [0, 0.1) is 0 Å². The van der Waals surface area contributed by atoms with Gasteiger partial charge in [0.2, 0.25) is 5.95 Å².